The first-order valence-corrected chi connectivity index (χ1v) is 7.66. The molecule has 0 aliphatic heterocycles. The van der Waals surface area contributed by atoms with Crippen LogP contribution in [0.2, 0.25) is 0 Å². The Labute approximate surface area is 129 Å². The molecule has 0 radical (unpaired) electrons. The number of benzene rings is 1. The van der Waals surface area contributed by atoms with E-state index in [1.165, 1.54) is 16.7 Å². The predicted molar refractivity (Wildman–Crippen MR) is 89.9 cm³/mol. The molecule has 0 atom stereocenters. The Morgan fingerprint density at radius 3 is 2.19 bits per heavy atom. The molecule has 0 saturated carbocycles. The predicted octanol–water partition coefficient (Wildman–Crippen LogP) is 4.95. The number of ether oxygens (including phenoxy) is 2. The van der Waals surface area contributed by atoms with Crippen LogP contribution in [0.4, 0.5) is 0 Å². The second-order valence-electron chi connectivity index (χ2n) is 5.54. The fraction of sp³-hybridized carbons (Fsp3) is 0.474. The summed E-state index contributed by atoms with van der Waals surface area (Å²) in [5.74, 6) is 0.896. The molecule has 2 heteroatoms. The van der Waals surface area contributed by atoms with Crippen molar-refractivity contribution in [1.82, 2.24) is 0 Å². The number of rotatable bonds is 9. The van der Waals surface area contributed by atoms with Crippen molar-refractivity contribution in [2.24, 2.45) is 0 Å². The summed E-state index contributed by atoms with van der Waals surface area (Å²) < 4.78 is 11.0. The summed E-state index contributed by atoms with van der Waals surface area (Å²) in [6.07, 6.45) is 1.97. The molecule has 0 heterocycles. The van der Waals surface area contributed by atoms with E-state index in [1.807, 2.05) is 12.1 Å². The average molecular weight is 288 g/mol. The summed E-state index contributed by atoms with van der Waals surface area (Å²) in [7, 11) is 0. The van der Waals surface area contributed by atoms with Gasteiger partial charge in [-0.05, 0) is 56.9 Å². The van der Waals surface area contributed by atoms with Crippen LogP contribution >= 0.6 is 0 Å². The Balaban J connectivity index is 2.50. The van der Waals surface area contributed by atoms with Gasteiger partial charge in [-0.3, -0.25) is 0 Å². The molecular weight excluding hydrogens is 260 g/mol. The van der Waals surface area contributed by atoms with Crippen molar-refractivity contribution in [2.75, 3.05) is 19.8 Å². The minimum Gasteiger partial charge on any atom is -0.491 e. The zero-order valence-corrected chi connectivity index (χ0v) is 13.9. The van der Waals surface area contributed by atoms with Gasteiger partial charge in [-0.25, -0.2) is 0 Å². The molecule has 2 nitrogen and oxygen atoms in total. The molecule has 0 spiro atoms. The quantitative estimate of drug-likeness (QED) is 0.473. The molecule has 0 saturated heterocycles. The summed E-state index contributed by atoms with van der Waals surface area (Å²) in [6, 6.07) is 8.29. The minimum atomic E-state index is 0.602. The lowest BCUT2D eigenvalue weighted by Crippen LogP contribution is -2.07. The third-order valence-electron chi connectivity index (χ3n) is 3.27. The van der Waals surface area contributed by atoms with E-state index >= 15 is 0 Å². The Kier molecular flexibility index (Phi) is 7.84. The van der Waals surface area contributed by atoms with E-state index in [0.29, 0.717) is 13.2 Å². The summed E-state index contributed by atoms with van der Waals surface area (Å²) in [5.41, 5.74) is 5.08. The lowest BCUT2D eigenvalue weighted by Gasteiger charge is -2.11. The maximum absolute atomic E-state index is 5.65. The molecule has 21 heavy (non-hydrogen) atoms. The van der Waals surface area contributed by atoms with Crippen LogP contribution in [0.25, 0.3) is 0 Å². The maximum Gasteiger partial charge on any atom is 0.119 e. The highest BCUT2D eigenvalue weighted by atomic mass is 16.5. The van der Waals surface area contributed by atoms with Gasteiger partial charge in [0.15, 0.2) is 0 Å². The molecule has 1 aromatic carbocycles. The van der Waals surface area contributed by atoms with Crippen LogP contribution in [0.5, 0.6) is 5.75 Å². The number of hydrogen-bond donors (Lipinski definition) is 0. The normalized spacial score (nSPS) is 10.3. The SMILES string of the molecule is C=C(C)C(Cc1ccc(OCCOCCC)cc1)=C(C)C. The molecule has 0 amide bonds. The van der Waals surface area contributed by atoms with Crippen LogP contribution in [-0.4, -0.2) is 19.8 Å². The van der Waals surface area contributed by atoms with E-state index in [1.54, 1.807) is 0 Å². The standard InChI is InChI=1S/C19H28O2/c1-6-11-20-12-13-21-18-9-7-17(8-10-18)14-19(15(2)3)16(4)5/h7-10H,2,6,11-14H2,1,3-5H3. The molecule has 0 aliphatic carbocycles. The number of allylic oxidation sites excluding steroid dienone is 3. The highest BCUT2D eigenvalue weighted by Crippen LogP contribution is 2.20. The van der Waals surface area contributed by atoms with Crippen molar-refractivity contribution in [3.8, 4) is 5.75 Å². The van der Waals surface area contributed by atoms with E-state index in [9.17, 15) is 0 Å². The van der Waals surface area contributed by atoms with Crippen LogP contribution in [0, 0.1) is 0 Å². The van der Waals surface area contributed by atoms with Crippen LogP contribution in [0.1, 0.15) is 39.7 Å². The first-order chi connectivity index (χ1) is 10.0. The topological polar surface area (TPSA) is 18.5 Å². The van der Waals surface area contributed by atoms with Crippen LogP contribution < -0.4 is 4.74 Å². The van der Waals surface area contributed by atoms with E-state index in [4.69, 9.17) is 9.47 Å². The summed E-state index contributed by atoms with van der Waals surface area (Å²) in [4.78, 5) is 0. The Bertz CT molecular complexity index is 465. The minimum absolute atomic E-state index is 0.602. The Morgan fingerprint density at radius 2 is 1.67 bits per heavy atom. The van der Waals surface area contributed by atoms with Gasteiger partial charge >= 0.3 is 0 Å². The fourth-order valence-electron chi connectivity index (χ4n) is 2.13. The van der Waals surface area contributed by atoms with Crippen LogP contribution in [-0.2, 0) is 11.2 Å². The highest BCUT2D eigenvalue weighted by Gasteiger charge is 2.03. The van der Waals surface area contributed by atoms with Gasteiger partial charge in [0.1, 0.15) is 12.4 Å². The molecule has 0 aliphatic rings. The van der Waals surface area contributed by atoms with Gasteiger partial charge in [0.25, 0.3) is 0 Å². The van der Waals surface area contributed by atoms with Crippen molar-refractivity contribution in [3.63, 3.8) is 0 Å². The summed E-state index contributed by atoms with van der Waals surface area (Å²) in [6.45, 7) is 14.5. The van der Waals surface area contributed by atoms with Gasteiger partial charge in [0.05, 0.1) is 6.61 Å². The Morgan fingerprint density at radius 1 is 1.00 bits per heavy atom. The van der Waals surface area contributed by atoms with Crippen molar-refractivity contribution in [1.29, 1.82) is 0 Å². The Hall–Kier alpha value is -1.54. The molecule has 0 N–H and O–H groups in total. The zero-order valence-electron chi connectivity index (χ0n) is 13.9. The smallest absolute Gasteiger partial charge is 0.119 e. The molecule has 0 aromatic heterocycles. The third-order valence-corrected chi connectivity index (χ3v) is 3.27. The second-order valence-corrected chi connectivity index (χ2v) is 5.54. The van der Waals surface area contributed by atoms with Gasteiger partial charge in [-0.15, -0.1) is 0 Å². The molecule has 0 unspecified atom stereocenters. The lowest BCUT2D eigenvalue weighted by atomic mass is 9.96. The molecule has 1 rings (SSSR count). The lowest BCUT2D eigenvalue weighted by molar-refractivity contribution is 0.101. The summed E-state index contributed by atoms with van der Waals surface area (Å²) >= 11 is 0. The molecule has 116 valence electrons. The van der Waals surface area contributed by atoms with E-state index in [0.717, 1.165) is 30.8 Å². The zero-order chi connectivity index (χ0) is 15.7. The van der Waals surface area contributed by atoms with Gasteiger partial charge in [-0.1, -0.05) is 36.8 Å². The molecule has 0 fully saturated rings. The van der Waals surface area contributed by atoms with Gasteiger partial charge in [-0.2, -0.15) is 0 Å². The fourth-order valence-corrected chi connectivity index (χ4v) is 2.13. The van der Waals surface area contributed by atoms with Crippen molar-refractivity contribution >= 4 is 0 Å². The number of hydrogen-bond acceptors (Lipinski definition) is 2. The first kappa shape index (κ1) is 17.5. The van der Waals surface area contributed by atoms with Gasteiger partial charge in [0.2, 0.25) is 0 Å². The van der Waals surface area contributed by atoms with Gasteiger partial charge < -0.3 is 9.47 Å². The molecule has 1 aromatic rings. The van der Waals surface area contributed by atoms with Crippen molar-refractivity contribution < 1.29 is 9.47 Å². The van der Waals surface area contributed by atoms with E-state index in [-0.39, 0.29) is 0 Å². The van der Waals surface area contributed by atoms with Crippen molar-refractivity contribution in [2.45, 2.75) is 40.5 Å². The first-order valence-electron chi connectivity index (χ1n) is 7.66. The van der Waals surface area contributed by atoms with Crippen LogP contribution in [0.15, 0.2) is 47.6 Å². The molecular formula is C19H28O2. The van der Waals surface area contributed by atoms with Gasteiger partial charge in [0, 0.05) is 6.61 Å². The molecule has 0 bridgehead atoms. The monoisotopic (exact) mass is 288 g/mol. The third kappa shape index (κ3) is 6.63. The highest BCUT2D eigenvalue weighted by molar-refractivity contribution is 5.37. The average Bonchev–Trinajstić information content (AvgIpc) is 2.45. The largest absolute Gasteiger partial charge is 0.491 e. The van der Waals surface area contributed by atoms with E-state index < -0.39 is 0 Å². The van der Waals surface area contributed by atoms with Crippen LogP contribution in [0.3, 0.4) is 0 Å². The van der Waals surface area contributed by atoms with E-state index in [2.05, 4.69) is 46.4 Å². The maximum atomic E-state index is 5.65. The second kappa shape index (κ2) is 9.41. The summed E-state index contributed by atoms with van der Waals surface area (Å²) in [5, 5.41) is 0. The van der Waals surface area contributed by atoms with Crippen molar-refractivity contribution in [3.05, 3.63) is 53.1 Å².